The van der Waals surface area contributed by atoms with Crippen molar-refractivity contribution in [2.24, 2.45) is 0 Å². The molecular formula is C8H12N2O3. The third-order valence-corrected chi connectivity index (χ3v) is 1.76. The molecule has 1 fully saturated rings. The average Bonchev–Trinajstić information content (AvgIpc) is 2.44. The number of carbonyl (C=O) groups excluding carboxylic acids is 2. The van der Waals surface area contributed by atoms with Crippen molar-refractivity contribution in [1.82, 2.24) is 9.80 Å². The summed E-state index contributed by atoms with van der Waals surface area (Å²) in [7, 11) is 1.64. The topological polar surface area (TPSA) is 49.9 Å². The molecule has 1 aliphatic rings. The second-order valence-corrected chi connectivity index (χ2v) is 2.72. The number of likely N-dealkylation sites (N-methyl/N-ethyl adjacent to an activating group) is 1. The van der Waals surface area contributed by atoms with Crippen LogP contribution in [0.2, 0.25) is 0 Å². The zero-order valence-corrected chi connectivity index (χ0v) is 7.52. The van der Waals surface area contributed by atoms with E-state index in [2.05, 4.69) is 6.58 Å². The standard InChI is InChI=1S/C8H12N2O3/c1-3-6-13-8(12)10-5-4-9(2)7(10)11/h3H,1,4-6H2,2H3. The van der Waals surface area contributed by atoms with E-state index in [9.17, 15) is 9.59 Å². The fourth-order valence-corrected chi connectivity index (χ4v) is 1.02. The molecule has 0 saturated carbocycles. The first kappa shape index (κ1) is 9.57. The van der Waals surface area contributed by atoms with Gasteiger partial charge in [0.2, 0.25) is 0 Å². The molecule has 0 N–H and O–H groups in total. The van der Waals surface area contributed by atoms with Crippen LogP contribution in [0.1, 0.15) is 0 Å². The van der Waals surface area contributed by atoms with Gasteiger partial charge in [-0.2, -0.15) is 0 Å². The molecule has 0 atom stereocenters. The van der Waals surface area contributed by atoms with Crippen LogP contribution in [0.4, 0.5) is 9.59 Å². The van der Waals surface area contributed by atoms with E-state index in [-0.39, 0.29) is 12.6 Å². The van der Waals surface area contributed by atoms with Gasteiger partial charge in [-0.25, -0.2) is 14.5 Å². The van der Waals surface area contributed by atoms with Gasteiger partial charge in [0, 0.05) is 13.6 Å². The van der Waals surface area contributed by atoms with Gasteiger partial charge in [-0.15, -0.1) is 0 Å². The number of ether oxygens (including phenoxy) is 1. The predicted molar refractivity (Wildman–Crippen MR) is 46.3 cm³/mol. The van der Waals surface area contributed by atoms with Gasteiger partial charge in [0.15, 0.2) is 0 Å². The molecule has 0 spiro atoms. The van der Waals surface area contributed by atoms with E-state index >= 15 is 0 Å². The lowest BCUT2D eigenvalue weighted by Crippen LogP contribution is -2.35. The van der Waals surface area contributed by atoms with Crippen molar-refractivity contribution >= 4 is 12.1 Å². The molecule has 0 unspecified atom stereocenters. The highest BCUT2D eigenvalue weighted by Gasteiger charge is 2.31. The minimum Gasteiger partial charge on any atom is -0.445 e. The van der Waals surface area contributed by atoms with E-state index in [1.54, 1.807) is 7.05 Å². The molecule has 1 rings (SSSR count). The van der Waals surface area contributed by atoms with Gasteiger partial charge < -0.3 is 9.64 Å². The molecule has 0 aromatic heterocycles. The number of amides is 3. The Hall–Kier alpha value is -1.52. The molecule has 13 heavy (non-hydrogen) atoms. The zero-order valence-electron chi connectivity index (χ0n) is 7.52. The summed E-state index contributed by atoms with van der Waals surface area (Å²) in [6.07, 6.45) is 0.858. The van der Waals surface area contributed by atoms with Crippen LogP contribution in [0, 0.1) is 0 Å². The van der Waals surface area contributed by atoms with Crippen molar-refractivity contribution in [2.45, 2.75) is 0 Å². The van der Waals surface area contributed by atoms with Crippen molar-refractivity contribution in [3.8, 4) is 0 Å². The highest BCUT2D eigenvalue weighted by Crippen LogP contribution is 2.07. The highest BCUT2D eigenvalue weighted by molar-refractivity contribution is 5.92. The first-order valence-electron chi connectivity index (χ1n) is 3.97. The molecule has 0 radical (unpaired) electrons. The lowest BCUT2D eigenvalue weighted by molar-refractivity contribution is 0.124. The van der Waals surface area contributed by atoms with Crippen molar-refractivity contribution in [2.75, 3.05) is 26.7 Å². The minimum absolute atomic E-state index is 0.131. The van der Waals surface area contributed by atoms with E-state index in [1.807, 2.05) is 0 Å². The molecule has 0 aliphatic carbocycles. The van der Waals surface area contributed by atoms with E-state index in [1.165, 1.54) is 11.0 Å². The maximum atomic E-state index is 11.2. The van der Waals surface area contributed by atoms with Crippen LogP contribution in [-0.4, -0.2) is 48.7 Å². The summed E-state index contributed by atoms with van der Waals surface area (Å²) in [5, 5.41) is 0. The van der Waals surface area contributed by atoms with Gasteiger partial charge in [0.1, 0.15) is 6.61 Å². The van der Waals surface area contributed by atoms with Crippen LogP contribution in [0.5, 0.6) is 0 Å². The van der Waals surface area contributed by atoms with Crippen LogP contribution in [0.3, 0.4) is 0 Å². The van der Waals surface area contributed by atoms with Crippen LogP contribution in [-0.2, 0) is 4.74 Å². The number of urea groups is 1. The van der Waals surface area contributed by atoms with Crippen LogP contribution in [0.25, 0.3) is 0 Å². The lowest BCUT2D eigenvalue weighted by atomic mass is 10.6. The number of nitrogens with zero attached hydrogens (tertiary/aromatic N) is 2. The molecule has 1 aliphatic heterocycles. The number of carbonyl (C=O) groups is 2. The molecule has 1 saturated heterocycles. The summed E-state index contributed by atoms with van der Waals surface area (Å²) in [5.41, 5.74) is 0. The minimum atomic E-state index is -0.603. The quantitative estimate of drug-likeness (QED) is 0.593. The fourth-order valence-electron chi connectivity index (χ4n) is 1.02. The van der Waals surface area contributed by atoms with Crippen LogP contribution >= 0.6 is 0 Å². The van der Waals surface area contributed by atoms with E-state index < -0.39 is 6.09 Å². The maximum absolute atomic E-state index is 11.2. The molecular weight excluding hydrogens is 172 g/mol. The van der Waals surface area contributed by atoms with E-state index in [4.69, 9.17) is 4.74 Å². The Morgan fingerprint density at radius 1 is 1.69 bits per heavy atom. The Balaban J connectivity index is 2.48. The summed E-state index contributed by atoms with van der Waals surface area (Å²) < 4.78 is 4.72. The zero-order chi connectivity index (χ0) is 9.84. The average molecular weight is 184 g/mol. The highest BCUT2D eigenvalue weighted by atomic mass is 16.6. The molecule has 5 nitrogen and oxygen atoms in total. The van der Waals surface area contributed by atoms with Gasteiger partial charge in [0.05, 0.1) is 6.54 Å². The molecule has 5 heteroatoms. The monoisotopic (exact) mass is 184 g/mol. The SMILES string of the molecule is C=CCOC(=O)N1CCN(C)C1=O. The second kappa shape index (κ2) is 3.93. The number of rotatable bonds is 2. The first-order valence-corrected chi connectivity index (χ1v) is 3.97. The lowest BCUT2D eigenvalue weighted by Gasteiger charge is -2.12. The molecule has 0 bridgehead atoms. The number of imide groups is 1. The van der Waals surface area contributed by atoms with Crippen molar-refractivity contribution in [3.63, 3.8) is 0 Å². The van der Waals surface area contributed by atoms with Gasteiger partial charge in [-0.3, -0.25) is 0 Å². The molecule has 0 aromatic rings. The van der Waals surface area contributed by atoms with E-state index in [0.29, 0.717) is 13.1 Å². The molecule has 0 aromatic carbocycles. The van der Waals surface area contributed by atoms with Gasteiger partial charge in [-0.1, -0.05) is 12.7 Å². The summed E-state index contributed by atoms with van der Waals surface area (Å²) in [6.45, 7) is 4.49. The third-order valence-electron chi connectivity index (χ3n) is 1.76. The smallest absolute Gasteiger partial charge is 0.418 e. The Kier molecular flexibility index (Phi) is 2.89. The van der Waals surface area contributed by atoms with Crippen LogP contribution in [0.15, 0.2) is 12.7 Å². The summed E-state index contributed by atoms with van der Waals surface area (Å²) >= 11 is 0. The van der Waals surface area contributed by atoms with Crippen molar-refractivity contribution in [3.05, 3.63) is 12.7 Å². The Bertz CT molecular complexity index is 240. The number of hydrogen-bond acceptors (Lipinski definition) is 3. The maximum Gasteiger partial charge on any atom is 0.418 e. The van der Waals surface area contributed by atoms with Crippen molar-refractivity contribution < 1.29 is 14.3 Å². The van der Waals surface area contributed by atoms with Gasteiger partial charge >= 0.3 is 12.1 Å². The summed E-state index contributed by atoms with van der Waals surface area (Å²) in [4.78, 5) is 24.9. The van der Waals surface area contributed by atoms with E-state index in [0.717, 1.165) is 4.90 Å². The Labute approximate surface area is 76.6 Å². The molecule has 1 heterocycles. The summed E-state index contributed by atoms with van der Waals surface area (Å²) in [5.74, 6) is 0. The fraction of sp³-hybridized carbons (Fsp3) is 0.500. The molecule has 72 valence electrons. The van der Waals surface area contributed by atoms with Crippen LogP contribution < -0.4 is 0 Å². The second-order valence-electron chi connectivity index (χ2n) is 2.72. The Morgan fingerprint density at radius 2 is 2.38 bits per heavy atom. The Morgan fingerprint density at radius 3 is 2.85 bits per heavy atom. The number of hydrogen-bond donors (Lipinski definition) is 0. The molecule has 3 amide bonds. The van der Waals surface area contributed by atoms with Gasteiger partial charge in [-0.05, 0) is 0 Å². The third kappa shape index (κ3) is 1.99. The summed E-state index contributed by atoms with van der Waals surface area (Å²) in [6, 6.07) is -0.311. The van der Waals surface area contributed by atoms with Gasteiger partial charge in [0.25, 0.3) is 0 Å². The normalized spacial score (nSPS) is 16.2. The largest absolute Gasteiger partial charge is 0.445 e. The van der Waals surface area contributed by atoms with Crippen molar-refractivity contribution in [1.29, 1.82) is 0 Å². The first-order chi connectivity index (χ1) is 6.16. The predicted octanol–water partition coefficient (Wildman–Crippen LogP) is 0.676.